The van der Waals surface area contributed by atoms with Gasteiger partial charge in [0, 0.05) is 16.9 Å². The van der Waals surface area contributed by atoms with Crippen LogP contribution in [0.2, 0.25) is 5.02 Å². The average Bonchev–Trinajstić information content (AvgIpc) is 3.01. The third-order valence-electron chi connectivity index (χ3n) is 5.87. The van der Waals surface area contributed by atoms with Crippen molar-refractivity contribution in [3.8, 4) is 0 Å². The maximum absolute atomic E-state index is 13.6. The highest BCUT2D eigenvalue weighted by molar-refractivity contribution is 7.92. The summed E-state index contributed by atoms with van der Waals surface area (Å²) >= 11 is 6.05. The lowest BCUT2D eigenvalue weighted by molar-refractivity contribution is 0.0985. The largest absolute Gasteiger partial charge is 0.304 e. The van der Waals surface area contributed by atoms with E-state index in [4.69, 9.17) is 11.6 Å². The second-order valence-electron chi connectivity index (χ2n) is 8.08. The number of anilines is 2. The SMILES string of the molecule is O=C(c1ccc(NS(=O)(=O)c2ccccc2Cl)cc1)N1Cc2ccccc2Cc2ccccc21. The van der Waals surface area contributed by atoms with Gasteiger partial charge in [-0.1, -0.05) is 66.2 Å². The Morgan fingerprint density at radius 1 is 0.765 bits per heavy atom. The Balaban J connectivity index is 1.43. The van der Waals surface area contributed by atoms with Crippen LogP contribution in [0.25, 0.3) is 0 Å². The molecule has 0 spiro atoms. The van der Waals surface area contributed by atoms with Crippen LogP contribution in [0.15, 0.2) is 102 Å². The van der Waals surface area contributed by atoms with E-state index in [0.29, 0.717) is 17.8 Å². The van der Waals surface area contributed by atoms with E-state index in [1.54, 1.807) is 41.3 Å². The minimum atomic E-state index is -3.85. The van der Waals surface area contributed by atoms with Crippen LogP contribution in [0.3, 0.4) is 0 Å². The minimum Gasteiger partial charge on any atom is -0.304 e. The molecule has 1 N–H and O–H groups in total. The molecule has 1 aliphatic heterocycles. The van der Waals surface area contributed by atoms with Gasteiger partial charge in [0.25, 0.3) is 15.9 Å². The van der Waals surface area contributed by atoms with Crippen LogP contribution in [0.1, 0.15) is 27.0 Å². The zero-order valence-electron chi connectivity index (χ0n) is 18.1. The second-order valence-corrected chi connectivity index (χ2v) is 10.1. The summed E-state index contributed by atoms with van der Waals surface area (Å²) in [6.07, 6.45) is 0.763. The van der Waals surface area contributed by atoms with Gasteiger partial charge in [0.15, 0.2) is 0 Å². The molecule has 1 amide bonds. The average molecular weight is 489 g/mol. The van der Waals surface area contributed by atoms with E-state index in [1.807, 2.05) is 42.5 Å². The van der Waals surface area contributed by atoms with Gasteiger partial charge in [-0.15, -0.1) is 0 Å². The van der Waals surface area contributed by atoms with E-state index >= 15 is 0 Å². The Labute approximate surface area is 203 Å². The van der Waals surface area contributed by atoms with Crippen molar-refractivity contribution < 1.29 is 13.2 Å². The molecule has 0 fully saturated rings. The van der Waals surface area contributed by atoms with Crippen molar-refractivity contribution in [2.24, 2.45) is 0 Å². The molecule has 0 radical (unpaired) electrons. The minimum absolute atomic E-state index is 0.00309. The molecule has 1 heterocycles. The molecule has 1 aliphatic rings. The van der Waals surface area contributed by atoms with Gasteiger partial charge in [-0.25, -0.2) is 8.42 Å². The summed E-state index contributed by atoms with van der Waals surface area (Å²) in [4.78, 5) is 15.3. The number of sulfonamides is 1. The molecule has 7 heteroatoms. The summed E-state index contributed by atoms with van der Waals surface area (Å²) < 4.78 is 27.9. The van der Waals surface area contributed by atoms with E-state index < -0.39 is 10.0 Å². The normalized spacial score (nSPS) is 12.9. The maximum atomic E-state index is 13.6. The fraction of sp³-hybridized carbons (Fsp3) is 0.0741. The molecule has 0 aliphatic carbocycles. The molecule has 0 saturated carbocycles. The standard InChI is InChI=1S/C27H21ClN2O3S/c28-24-10-4-6-12-26(24)34(32,33)29-23-15-13-19(14-16-23)27(31)30-18-22-9-2-1-7-20(22)17-21-8-3-5-11-25(21)30/h1-16,29H,17-18H2. The number of benzene rings is 4. The molecule has 0 saturated heterocycles. The Hall–Kier alpha value is -3.61. The fourth-order valence-electron chi connectivity index (χ4n) is 4.16. The highest BCUT2D eigenvalue weighted by atomic mass is 35.5. The lowest BCUT2D eigenvalue weighted by Gasteiger charge is -2.23. The van der Waals surface area contributed by atoms with Crippen LogP contribution in [-0.2, 0) is 23.0 Å². The topological polar surface area (TPSA) is 66.5 Å². The fourth-order valence-corrected chi connectivity index (χ4v) is 5.74. The van der Waals surface area contributed by atoms with E-state index in [0.717, 1.165) is 23.2 Å². The van der Waals surface area contributed by atoms with Crippen molar-refractivity contribution in [3.63, 3.8) is 0 Å². The van der Waals surface area contributed by atoms with Gasteiger partial charge in [0.05, 0.1) is 11.6 Å². The Morgan fingerprint density at radius 3 is 2.12 bits per heavy atom. The number of halogens is 1. The summed E-state index contributed by atoms with van der Waals surface area (Å²) in [5.41, 5.74) is 5.09. The highest BCUT2D eigenvalue weighted by Crippen LogP contribution is 2.32. The first-order chi connectivity index (χ1) is 16.4. The quantitative estimate of drug-likeness (QED) is 0.389. The van der Waals surface area contributed by atoms with Gasteiger partial charge in [-0.2, -0.15) is 0 Å². The number of hydrogen-bond donors (Lipinski definition) is 1. The van der Waals surface area contributed by atoms with Gasteiger partial charge in [-0.05, 0) is 65.6 Å². The van der Waals surface area contributed by atoms with Crippen LogP contribution in [0.4, 0.5) is 11.4 Å². The molecule has 0 atom stereocenters. The lowest BCUT2D eigenvalue weighted by Crippen LogP contribution is -2.30. The van der Waals surface area contributed by atoms with Crippen LogP contribution in [-0.4, -0.2) is 14.3 Å². The molecule has 0 bridgehead atoms. The number of nitrogens with zero attached hydrogens (tertiary/aromatic N) is 1. The molecular formula is C27H21ClN2O3S. The van der Waals surface area contributed by atoms with E-state index in [1.165, 1.54) is 17.7 Å². The van der Waals surface area contributed by atoms with Crippen molar-refractivity contribution in [2.75, 3.05) is 9.62 Å². The van der Waals surface area contributed by atoms with Gasteiger partial charge in [0.1, 0.15) is 4.90 Å². The van der Waals surface area contributed by atoms with Crippen LogP contribution < -0.4 is 9.62 Å². The zero-order valence-corrected chi connectivity index (χ0v) is 19.7. The third kappa shape index (κ3) is 4.30. The maximum Gasteiger partial charge on any atom is 0.263 e. The van der Waals surface area contributed by atoms with Crippen molar-refractivity contribution in [1.82, 2.24) is 0 Å². The molecule has 4 aromatic rings. The van der Waals surface area contributed by atoms with Crippen molar-refractivity contribution in [1.29, 1.82) is 0 Å². The molecule has 0 aromatic heterocycles. The second kappa shape index (κ2) is 8.97. The summed E-state index contributed by atoms with van der Waals surface area (Å²) in [5, 5.41) is 0.141. The number of hydrogen-bond acceptors (Lipinski definition) is 3. The molecular weight excluding hydrogens is 468 g/mol. The highest BCUT2D eigenvalue weighted by Gasteiger charge is 2.25. The van der Waals surface area contributed by atoms with E-state index in [-0.39, 0.29) is 15.8 Å². The Morgan fingerprint density at radius 2 is 1.38 bits per heavy atom. The summed E-state index contributed by atoms with van der Waals surface area (Å²) in [7, 11) is -3.85. The van der Waals surface area contributed by atoms with Gasteiger partial charge in [-0.3, -0.25) is 9.52 Å². The van der Waals surface area contributed by atoms with Crippen LogP contribution in [0, 0.1) is 0 Å². The smallest absolute Gasteiger partial charge is 0.263 e. The first-order valence-electron chi connectivity index (χ1n) is 10.8. The van der Waals surface area contributed by atoms with Gasteiger partial charge < -0.3 is 4.90 Å². The van der Waals surface area contributed by atoms with E-state index in [2.05, 4.69) is 10.8 Å². The molecule has 5 nitrogen and oxygen atoms in total. The number of carbonyl (C=O) groups is 1. The number of rotatable bonds is 4. The molecule has 4 aromatic carbocycles. The summed E-state index contributed by atoms with van der Waals surface area (Å²) in [5.74, 6) is -0.148. The lowest BCUT2D eigenvalue weighted by atomic mass is 10.0. The zero-order chi connectivity index (χ0) is 23.7. The van der Waals surface area contributed by atoms with E-state index in [9.17, 15) is 13.2 Å². The van der Waals surface area contributed by atoms with Crippen molar-refractivity contribution >= 4 is 38.9 Å². The predicted octanol–water partition coefficient (Wildman–Crippen LogP) is 5.89. The van der Waals surface area contributed by atoms with Crippen LogP contribution in [0.5, 0.6) is 0 Å². The van der Waals surface area contributed by atoms with Gasteiger partial charge >= 0.3 is 0 Å². The monoisotopic (exact) mass is 488 g/mol. The summed E-state index contributed by atoms with van der Waals surface area (Å²) in [6, 6.07) is 28.7. The van der Waals surface area contributed by atoms with Crippen molar-refractivity contribution in [2.45, 2.75) is 17.9 Å². The van der Waals surface area contributed by atoms with Crippen molar-refractivity contribution in [3.05, 3.63) is 124 Å². The molecule has 5 rings (SSSR count). The predicted molar refractivity (Wildman–Crippen MR) is 135 cm³/mol. The van der Waals surface area contributed by atoms with Crippen LogP contribution >= 0.6 is 11.6 Å². The number of amides is 1. The van der Waals surface area contributed by atoms with Gasteiger partial charge in [0.2, 0.25) is 0 Å². The first kappa shape index (κ1) is 22.2. The number of para-hydroxylation sites is 1. The third-order valence-corrected chi connectivity index (χ3v) is 7.75. The Bertz CT molecular complexity index is 1480. The Kier molecular flexibility index (Phi) is 5.86. The number of fused-ring (bicyclic) bond motifs is 2. The first-order valence-corrected chi connectivity index (χ1v) is 12.6. The number of nitrogens with one attached hydrogen (secondary N) is 1. The molecule has 170 valence electrons. The summed E-state index contributed by atoms with van der Waals surface area (Å²) in [6.45, 7) is 0.465. The number of carbonyl (C=O) groups excluding carboxylic acids is 1. The molecule has 34 heavy (non-hydrogen) atoms. The molecule has 0 unspecified atom stereocenters.